The molecule has 0 bridgehead atoms. The molecule has 0 saturated heterocycles. The van der Waals surface area contributed by atoms with Crippen LogP contribution in [0.1, 0.15) is 37.6 Å². The summed E-state index contributed by atoms with van der Waals surface area (Å²) < 4.78 is 30.1. The largest absolute Gasteiger partial charge is 0.424 e. The molecule has 0 amide bonds. The molecule has 2 rings (SSSR count). The lowest BCUT2D eigenvalue weighted by molar-refractivity contribution is -0.136. The first-order chi connectivity index (χ1) is 13.6. The minimum absolute atomic E-state index is 0.0887. The highest BCUT2D eigenvalue weighted by molar-refractivity contribution is 7.39. The van der Waals surface area contributed by atoms with Crippen molar-refractivity contribution in [3.8, 4) is 29.2 Å². The molecular formula is C21H23FNO5P. The van der Waals surface area contributed by atoms with Crippen LogP contribution in [0, 0.1) is 25.1 Å². The van der Waals surface area contributed by atoms with Crippen LogP contribution in [0.4, 0.5) is 4.39 Å². The number of ether oxygens (including phenoxy) is 1. The Balaban J connectivity index is 2.42. The Bertz CT molecular complexity index is 953. The maximum Gasteiger partial charge on any atom is 0.313 e. The molecule has 2 aromatic rings. The van der Waals surface area contributed by atoms with E-state index in [0.717, 1.165) is 0 Å². The van der Waals surface area contributed by atoms with E-state index in [4.69, 9.17) is 11.2 Å². The minimum Gasteiger partial charge on any atom is -0.424 e. The van der Waals surface area contributed by atoms with E-state index in [1.165, 1.54) is 12.1 Å². The van der Waals surface area contributed by atoms with E-state index in [1.807, 2.05) is 19.8 Å². The number of nitrogens with zero attached hydrogens (tertiary/aromatic N) is 1. The summed E-state index contributed by atoms with van der Waals surface area (Å²) in [7, 11) is -3.21. The Hall–Kier alpha value is -2.52. The second-order valence-corrected chi connectivity index (χ2v) is 8.21. The van der Waals surface area contributed by atoms with Crippen LogP contribution in [0.3, 0.4) is 0 Å². The molecule has 1 aromatic heterocycles. The number of aromatic nitrogens is 1. The molecule has 0 radical (unpaired) electrons. The van der Waals surface area contributed by atoms with Crippen molar-refractivity contribution < 1.29 is 28.5 Å². The minimum atomic E-state index is -3.21. The van der Waals surface area contributed by atoms with Gasteiger partial charge in [0.05, 0.1) is 18.2 Å². The molecule has 3 unspecified atom stereocenters. The van der Waals surface area contributed by atoms with Crippen molar-refractivity contribution in [3.05, 3.63) is 47.5 Å². The van der Waals surface area contributed by atoms with E-state index >= 15 is 0 Å². The molecule has 0 spiro atoms. The number of aliphatic hydroxyl groups excluding tert-OH is 1. The number of benzene rings is 1. The van der Waals surface area contributed by atoms with Gasteiger partial charge in [-0.1, -0.05) is 31.9 Å². The number of carbonyl (C=O) groups is 1. The van der Waals surface area contributed by atoms with Gasteiger partial charge < -0.3 is 14.7 Å². The van der Waals surface area contributed by atoms with E-state index in [2.05, 4.69) is 4.98 Å². The number of hydrogen-bond donors (Lipinski definition) is 2. The van der Waals surface area contributed by atoms with Gasteiger partial charge in [-0.2, -0.15) is 0 Å². The molecule has 6 nitrogen and oxygen atoms in total. The fraction of sp³-hybridized carbons (Fsp3) is 0.333. The third kappa shape index (κ3) is 5.74. The molecule has 154 valence electrons. The molecule has 0 aliphatic carbocycles. The van der Waals surface area contributed by atoms with E-state index in [9.17, 15) is 23.7 Å². The first-order valence-electron chi connectivity index (χ1n) is 8.99. The number of halogens is 1. The summed E-state index contributed by atoms with van der Waals surface area (Å²) in [5.41, 5.74) is 1.05. The van der Waals surface area contributed by atoms with E-state index < -0.39 is 38.0 Å². The van der Waals surface area contributed by atoms with Gasteiger partial charge in [-0.3, -0.25) is 14.3 Å². The number of aliphatic hydroxyl groups is 1. The summed E-state index contributed by atoms with van der Waals surface area (Å²) in [6.07, 6.45) is 3.09. The Kier molecular flexibility index (Phi) is 7.69. The molecule has 2 N–H and O–H groups in total. The zero-order valence-electron chi connectivity index (χ0n) is 16.3. The Morgan fingerprint density at radius 2 is 1.97 bits per heavy atom. The summed E-state index contributed by atoms with van der Waals surface area (Å²) >= 11 is 0. The van der Waals surface area contributed by atoms with Gasteiger partial charge in [0.15, 0.2) is 5.75 Å². The lowest BCUT2D eigenvalue weighted by atomic mass is 9.99. The van der Waals surface area contributed by atoms with Gasteiger partial charge in [-0.05, 0) is 36.6 Å². The fourth-order valence-electron chi connectivity index (χ4n) is 2.82. The predicted molar refractivity (Wildman–Crippen MR) is 109 cm³/mol. The van der Waals surface area contributed by atoms with E-state index in [1.54, 1.807) is 25.1 Å². The average molecular weight is 419 g/mol. The number of rotatable bonds is 7. The number of terminal acetylenes is 1. The molecule has 0 aliphatic heterocycles. The first kappa shape index (κ1) is 22.8. The van der Waals surface area contributed by atoms with Crippen molar-refractivity contribution in [1.29, 1.82) is 0 Å². The highest BCUT2D eigenvalue weighted by atomic mass is 31.1. The summed E-state index contributed by atoms with van der Waals surface area (Å²) in [5.74, 6) is 0.915. The summed E-state index contributed by atoms with van der Waals surface area (Å²) in [6.45, 7) is 5.56. The Labute approximate surface area is 169 Å². The third-order valence-corrected chi connectivity index (χ3v) is 5.34. The van der Waals surface area contributed by atoms with Gasteiger partial charge in [0, 0.05) is 11.3 Å². The molecule has 0 saturated carbocycles. The lowest BCUT2D eigenvalue weighted by Crippen LogP contribution is -2.27. The van der Waals surface area contributed by atoms with Crippen LogP contribution in [0.15, 0.2) is 30.3 Å². The quantitative estimate of drug-likeness (QED) is 0.405. The molecule has 3 atom stereocenters. The monoisotopic (exact) mass is 419 g/mol. The second kappa shape index (κ2) is 9.80. The molecule has 0 fully saturated rings. The second-order valence-electron chi connectivity index (χ2n) is 6.92. The fourth-order valence-corrected chi connectivity index (χ4v) is 3.41. The zero-order chi connectivity index (χ0) is 21.7. The summed E-state index contributed by atoms with van der Waals surface area (Å²) in [5, 5.41) is 10.0. The first-order valence-corrected chi connectivity index (χ1v) is 10.4. The van der Waals surface area contributed by atoms with Crippen LogP contribution in [0.2, 0.25) is 0 Å². The molecule has 1 heterocycles. The molecule has 8 heteroatoms. The van der Waals surface area contributed by atoms with Gasteiger partial charge in [0.1, 0.15) is 11.5 Å². The van der Waals surface area contributed by atoms with Gasteiger partial charge >= 0.3 is 5.97 Å². The van der Waals surface area contributed by atoms with Crippen molar-refractivity contribution in [2.45, 2.75) is 44.9 Å². The van der Waals surface area contributed by atoms with Gasteiger partial charge in [0.25, 0.3) is 0 Å². The number of hydrogen-bond acceptors (Lipinski definition) is 5. The molecule has 1 aromatic carbocycles. The van der Waals surface area contributed by atoms with Crippen molar-refractivity contribution in [1.82, 2.24) is 4.98 Å². The number of aryl methyl sites for hydroxylation is 1. The van der Waals surface area contributed by atoms with Crippen LogP contribution >= 0.6 is 8.03 Å². The lowest BCUT2D eigenvalue weighted by Gasteiger charge is -2.19. The maximum atomic E-state index is 13.3. The van der Waals surface area contributed by atoms with E-state index in [0.29, 0.717) is 22.5 Å². The van der Waals surface area contributed by atoms with Gasteiger partial charge in [-0.25, -0.2) is 4.39 Å². The summed E-state index contributed by atoms with van der Waals surface area (Å²) in [4.78, 5) is 26.1. The molecule has 0 aliphatic rings. The maximum absolute atomic E-state index is 13.3. The normalized spacial score (nSPS) is 14.1. The number of pyridine rings is 1. The van der Waals surface area contributed by atoms with Gasteiger partial charge in [-0.15, -0.1) is 6.42 Å². The smallest absolute Gasteiger partial charge is 0.313 e. The highest BCUT2D eigenvalue weighted by Gasteiger charge is 2.27. The van der Waals surface area contributed by atoms with Crippen LogP contribution < -0.4 is 4.74 Å². The molecule has 29 heavy (non-hydrogen) atoms. The van der Waals surface area contributed by atoms with Gasteiger partial charge in [0.2, 0.25) is 8.03 Å². The van der Waals surface area contributed by atoms with Crippen molar-refractivity contribution in [2.75, 3.05) is 0 Å². The number of carbonyl (C=O) groups excluding carboxylic acids is 1. The molecular weight excluding hydrogens is 396 g/mol. The summed E-state index contributed by atoms with van der Waals surface area (Å²) in [6, 6.07) is 7.44. The Morgan fingerprint density at radius 3 is 2.48 bits per heavy atom. The van der Waals surface area contributed by atoms with Crippen molar-refractivity contribution in [3.63, 3.8) is 0 Å². The van der Waals surface area contributed by atoms with Crippen LogP contribution in [0.5, 0.6) is 5.75 Å². The van der Waals surface area contributed by atoms with E-state index in [-0.39, 0.29) is 11.7 Å². The number of esters is 1. The van der Waals surface area contributed by atoms with Crippen LogP contribution in [-0.2, 0) is 9.36 Å². The zero-order valence-corrected chi connectivity index (χ0v) is 17.3. The Morgan fingerprint density at radius 1 is 1.34 bits per heavy atom. The van der Waals surface area contributed by atoms with Crippen molar-refractivity contribution in [2.24, 2.45) is 0 Å². The SMILES string of the molecule is C#CC(C(O)CC(=O)Oc1c(-c2ccc(F)cc2)cc(C)nc1C(C)C)[PH](=O)O. The predicted octanol–water partition coefficient (Wildman–Crippen LogP) is 3.44. The van der Waals surface area contributed by atoms with Crippen LogP contribution in [-0.4, -0.2) is 32.7 Å². The highest BCUT2D eigenvalue weighted by Crippen LogP contribution is 2.37. The van der Waals surface area contributed by atoms with Crippen LogP contribution in [0.25, 0.3) is 11.1 Å². The standard InChI is InChI=1S/C21H23FNO5P/c1-5-18(29(26)27)17(24)11-19(25)28-21-16(14-6-8-15(22)9-7-14)10-13(4)23-20(21)12(2)3/h1,6-10,12,17-18,24,29H,11H2,2-4H3,(H,26,27). The van der Waals surface area contributed by atoms with Crippen molar-refractivity contribution >= 4 is 14.0 Å². The third-order valence-electron chi connectivity index (χ3n) is 4.25. The average Bonchev–Trinajstić information content (AvgIpc) is 2.63. The topological polar surface area (TPSA) is 96.7 Å².